The number of pyridine rings is 2. The number of carbonyl (C=O) groups excluding carboxylic acids is 1. The first-order chi connectivity index (χ1) is 20.9. The fraction of sp³-hybridized carbons (Fsp3) is 0.438. The van der Waals surface area contributed by atoms with E-state index in [0.717, 1.165) is 37.0 Å². The van der Waals surface area contributed by atoms with Gasteiger partial charge in [-0.05, 0) is 71.1 Å². The highest BCUT2D eigenvalue weighted by Crippen LogP contribution is 2.49. The number of aromatic nitrogens is 2. The van der Waals surface area contributed by atoms with Gasteiger partial charge in [-0.15, -0.1) is 11.3 Å². The molecule has 0 spiro atoms. The molecule has 3 fully saturated rings. The van der Waals surface area contributed by atoms with Crippen LogP contribution in [0.3, 0.4) is 0 Å². The van der Waals surface area contributed by atoms with Gasteiger partial charge in [-0.2, -0.15) is 5.26 Å². The number of piperazine rings is 1. The van der Waals surface area contributed by atoms with Gasteiger partial charge in [0.25, 0.3) is 5.91 Å². The highest BCUT2D eigenvalue weighted by molar-refractivity contribution is 7.23. The monoisotopic (exact) mass is 615 g/mol. The second-order valence-electron chi connectivity index (χ2n) is 13.3. The third-order valence-corrected chi connectivity index (χ3v) is 11.0. The molecule has 6 heterocycles. The number of rotatable bonds is 3. The molecule has 1 amide bonds. The van der Waals surface area contributed by atoms with E-state index < -0.39 is 11.6 Å². The van der Waals surface area contributed by atoms with Crippen LogP contribution in [-0.2, 0) is 0 Å². The fourth-order valence-corrected chi connectivity index (χ4v) is 8.44. The number of nitrogen functional groups attached to an aromatic ring is 1. The normalized spacial score (nSPS) is 26.2. The molecule has 4 aromatic rings. The minimum Gasteiger partial charge on any atom is -0.472 e. The third kappa shape index (κ3) is 3.78. The van der Waals surface area contributed by atoms with Gasteiger partial charge >= 0.3 is 0 Å². The smallest absolute Gasteiger partial charge is 0.270 e. The van der Waals surface area contributed by atoms with Crippen LogP contribution >= 0.6 is 11.3 Å². The number of halogens is 2. The maximum atomic E-state index is 17.2. The molecule has 4 aliphatic rings. The molecule has 2 bridgehead atoms. The van der Waals surface area contributed by atoms with Crippen molar-refractivity contribution in [3.05, 3.63) is 40.6 Å². The van der Waals surface area contributed by atoms with Gasteiger partial charge in [-0.3, -0.25) is 4.79 Å². The predicted octanol–water partition coefficient (Wildman–Crippen LogP) is 5.31. The summed E-state index contributed by atoms with van der Waals surface area (Å²) in [5, 5.41) is 17.7. The molecule has 4 atom stereocenters. The van der Waals surface area contributed by atoms with Gasteiger partial charge < -0.3 is 26.0 Å². The number of carbonyl (C=O) groups is 1. The lowest BCUT2D eigenvalue weighted by molar-refractivity contribution is 0.0930. The molecule has 1 saturated carbocycles. The van der Waals surface area contributed by atoms with Crippen LogP contribution in [-0.4, -0.2) is 51.7 Å². The summed E-state index contributed by atoms with van der Waals surface area (Å²) in [6.45, 7) is 8.42. The quantitative estimate of drug-likeness (QED) is 0.283. The van der Waals surface area contributed by atoms with E-state index in [1.165, 1.54) is 12.1 Å². The first kappa shape index (κ1) is 27.5. The summed E-state index contributed by atoms with van der Waals surface area (Å²) in [5.74, 6) is -0.961. The van der Waals surface area contributed by atoms with Crippen molar-refractivity contribution in [2.24, 2.45) is 0 Å². The number of benzene rings is 1. The van der Waals surface area contributed by atoms with Crippen LogP contribution in [0.1, 0.15) is 68.1 Å². The minimum absolute atomic E-state index is 0.0679. The van der Waals surface area contributed by atoms with Crippen molar-refractivity contribution in [1.29, 1.82) is 5.26 Å². The zero-order valence-corrected chi connectivity index (χ0v) is 25.6. The lowest BCUT2D eigenvalue weighted by Crippen LogP contribution is -2.66. The van der Waals surface area contributed by atoms with Crippen LogP contribution in [0.4, 0.5) is 19.6 Å². The van der Waals surface area contributed by atoms with Gasteiger partial charge in [0.15, 0.2) is 5.82 Å². The molecule has 12 heteroatoms. The number of nitriles is 1. The Labute approximate surface area is 256 Å². The SMILES string of the molecule is Cc1c(C(=O)NC2(C)CC2)nc2c3c(nc(-c4ccc(F)c5sc(N)c(C#N)c45)c(F)c13)OC(C)C1C3CCC(C)(CN21)N3. The standard InChI is InChI=1S/C32H31F2N7O2S/c1-13-19-21-28(37-23(13)29(42)40-31(3)9-10-31)41-12-32(4)8-7-18(39-32)25(41)14(2)43-30(21)38-24(22(19)34)15-5-6-17(33)26-20(15)16(11-35)27(36)44-26/h5-6,14,18,25,39H,7-10,12,36H2,1-4H3,(H,40,42). The third-order valence-electron chi connectivity index (χ3n) is 9.97. The van der Waals surface area contributed by atoms with Crippen LogP contribution in [0, 0.1) is 29.9 Å². The molecular weight excluding hydrogens is 584 g/mol. The van der Waals surface area contributed by atoms with E-state index in [4.69, 9.17) is 20.4 Å². The van der Waals surface area contributed by atoms with Gasteiger partial charge in [-0.25, -0.2) is 18.7 Å². The minimum atomic E-state index is -0.697. The summed E-state index contributed by atoms with van der Waals surface area (Å²) in [6, 6.07) is 4.66. The van der Waals surface area contributed by atoms with Crippen molar-refractivity contribution in [2.75, 3.05) is 17.2 Å². The maximum absolute atomic E-state index is 17.2. The van der Waals surface area contributed by atoms with Crippen molar-refractivity contribution < 1.29 is 18.3 Å². The highest BCUT2D eigenvalue weighted by atomic mass is 32.1. The van der Waals surface area contributed by atoms with E-state index in [9.17, 15) is 14.4 Å². The van der Waals surface area contributed by atoms with Crippen LogP contribution in [0.15, 0.2) is 12.1 Å². The number of fused-ring (bicyclic) bond motifs is 6. The molecule has 0 radical (unpaired) electrons. The largest absolute Gasteiger partial charge is 0.472 e. The number of hydrogen-bond acceptors (Lipinski definition) is 9. The summed E-state index contributed by atoms with van der Waals surface area (Å²) in [6.07, 6.45) is 3.28. The number of thiophene rings is 1. The Kier molecular flexibility index (Phi) is 5.61. The zero-order valence-electron chi connectivity index (χ0n) is 24.8. The van der Waals surface area contributed by atoms with Crippen molar-refractivity contribution in [3.63, 3.8) is 0 Å². The van der Waals surface area contributed by atoms with Gasteiger partial charge in [0.2, 0.25) is 5.88 Å². The molecular formula is C32H31F2N7O2S. The van der Waals surface area contributed by atoms with Crippen molar-refractivity contribution in [1.82, 2.24) is 20.6 Å². The van der Waals surface area contributed by atoms with Crippen LogP contribution in [0.5, 0.6) is 5.88 Å². The summed E-state index contributed by atoms with van der Waals surface area (Å²) in [4.78, 5) is 25.7. The van der Waals surface area contributed by atoms with E-state index >= 15 is 4.39 Å². The predicted molar refractivity (Wildman–Crippen MR) is 165 cm³/mol. The Morgan fingerprint density at radius 3 is 2.73 bits per heavy atom. The number of amides is 1. The second kappa shape index (κ2) is 8.99. The number of ether oxygens (including phenoxy) is 1. The second-order valence-corrected chi connectivity index (χ2v) is 14.3. The van der Waals surface area contributed by atoms with Crippen LogP contribution in [0.25, 0.3) is 32.1 Å². The molecule has 44 heavy (non-hydrogen) atoms. The Bertz CT molecular complexity index is 2000. The summed E-state index contributed by atoms with van der Waals surface area (Å²) in [7, 11) is 0. The van der Waals surface area contributed by atoms with Crippen LogP contribution in [0.2, 0.25) is 0 Å². The topological polar surface area (TPSA) is 129 Å². The van der Waals surface area contributed by atoms with Crippen molar-refractivity contribution in [2.45, 2.75) is 82.6 Å². The van der Waals surface area contributed by atoms with E-state index in [1.54, 1.807) is 6.92 Å². The fourth-order valence-electron chi connectivity index (χ4n) is 7.49. The van der Waals surface area contributed by atoms with Gasteiger partial charge in [0.1, 0.15) is 40.2 Å². The Hall–Kier alpha value is -4.08. The molecule has 2 saturated heterocycles. The average Bonchev–Trinajstić information content (AvgIpc) is 3.50. The first-order valence-corrected chi connectivity index (χ1v) is 15.7. The van der Waals surface area contributed by atoms with Gasteiger partial charge in [0, 0.05) is 40.0 Å². The first-order valence-electron chi connectivity index (χ1n) is 14.9. The van der Waals surface area contributed by atoms with E-state index in [-0.39, 0.29) is 84.0 Å². The van der Waals surface area contributed by atoms with E-state index in [0.29, 0.717) is 23.3 Å². The molecule has 1 aromatic carbocycles. The molecule has 8 rings (SSSR count). The molecule has 4 N–H and O–H groups in total. The highest BCUT2D eigenvalue weighted by Gasteiger charge is 2.51. The molecule has 3 aliphatic heterocycles. The number of nitrogens with one attached hydrogen (secondary N) is 2. The summed E-state index contributed by atoms with van der Waals surface area (Å²) >= 11 is 0.938. The number of hydrogen-bond donors (Lipinski definition) is 3. The van der Waals surface area contributed by atoms with Crippen molar-refractivity contribution in [3.8, 4) is 23.2 Å². The summed E-state index contributed by atoms with van der Waals surface area (Å²) < 4.78 is 38.9. The molecule has 226 valence electrons. The molecule has 3 aromatic heterocycles. The zero-order chi connectivity index (χ0) is 30.9. The summed E-state index contributed by atoms with van der Waals surface area (Å²) in [5.41, 5.74) is 6.31. The lowest BCUT2D eigenvalue weighted by atomic mass is 9.95. The molecule has 4 unspecified atom stereocenters. The number of nitrogens with zero attached hydrogens (tertiary/aromatic N) is 4. The van der Waals surface area contributed by atoms with E-state index in [1.807, 2.05) is 13.8 Å². The Morgan fingerprint density at radius 1 is 1.23 bits per heavy atom. The molecule has 1 aliphatic carbocycles. The van der Waals surface area contributed by atoms with Crippen LogP contribution < -0.4 is 26.0 Å². The van der Waals surface area contributed by atoms with E-state index in [2.05, 4.69) is 28.5 Å². The van der Waals surface area contributed by atoms with Gasteiger partial charge in [-0.1, -0.05) is 0 Å². The Morgan fingerprint density at radius 2 is 2.00 bits per heavy atom. The Balaban J connectivity index is 1.45. The lowest BCUT2D eigenvalue weighted by Gasteiger charge is -2.46. The number of anilines is 2. The number of nitrogens with two attached hydrogens (primary N) is 1. The molecule has 9 nitrogen and oxygen atoms in total. The van der Waals surface area contributed by atoms with Crippen molar-refractivity contribution >= 4 is 48.9 Å². The van der Waals surface area contributed by atoms with Gasteiger partial charge in [0.05, 0.1) is 21.7 Å². The average molecular weight is 616 g/mol. The number of aryl methyl sites for hydroxylation is 1. The maximum Gasteiger partial charge on any atom is 0.270 e.